The summed E-state index contributed by atoms with van der Waals surface area (Å²) in [5.74, 6) is -0.764. The second-order valence-corrected chi connectivity index (χ2v) is 5.89. The lowest BCUT2D eigenvalue weighted by Crippen LogP contribution is -2.36. The molecule has 0 radical (unpaired) electrons. The van der Waals surface area contributed by atoms with E-state index in [9.17, 15) is 13.2 Å². The average molecular weight is 242 g/mol. The lowest BCUT2D eigenvalue weighted by Gasteiger charge is -2.28. The quantitative estimate of drug-likeness (QED) is 0.737. The van der Waals surface area contributed by atoms with Gasteiger partial charge < -0.3 is 5.11 Å². The van der Waals surface area contributed by atoms with Crippen LogP contribution in [0.4, 0.5) is 0 Å². The first-order valence-corrected chi connectivity index (χ1v) is 6.57. The molecule has 1 rings (SSSR count). The standard InChI is InChI=1S/C7H12ClNO4S/c8-14(12,13)9-3-1-6(2-4-9)5-7(10)11/h6H,1-5H2,(H,10,11). The number of nitrogens with zero attached hydrogens (tertiary/aromatic N) is 1. The fourth-order valence-electron chi connectivity index (χ4n) is 1.58. The van der Waals surface area contributed by atoms with E-state index in [4.69, 9.17) is 15.8 Å². The van der Waals surface area contributed by atoms with Crippen molar-refractivity contribution in [1.29, 1.82) is 0 Å². The predicted molar refractivity (Wildman–Crippen MR) is 51.3 cm³/mol. The first-order chi connectivity index (χ1) is 6.39. The molecule has 0 spiro atoms. The maximum Gasteiger partial charge on any atom is 0.303 e. The van der Waals surface area contributed by atoms with Gasteiger partial charge >= 0.3 is 5.97 Å². The van der Waals surface area contributed by atoms with Crippen LogP contribution in [0, 0.1) is 5.92 Å². The van der Waals surface area contributed by atoms with Crippen molar-refractivity contribution in [2.24, 2.45) is 5.92 Å². The van der Waals surface area contributed by atoms with E-state index in [2.05, 4.69) is 0 Å². The molecule has 0 bridgehead atoms. The van der Waals surface area contributed by atoms with E-state index in [1.54, 1.807) is 0 Å². The zero-order chi connectivity index (χ0) is 10.8. The van der Waals surface area contributed by atoms with Crippen molar-refractivity contribution in [2.75, 3.05) is 13.1 Å². The van der Waals surface area contributed by atoms with E-state index < -0.39 is 15.2 Å². The molecule has 1 N–H and O–H groups in total. The zero-order valence-electron chi connectivity index (χ0n) is 7.52. The molecule has 0 amide bonds. The molecule has 7 heteroatoms. The molecule has 1 aliphatic heterocycles. The molecule has 0 aliphatic carbocycles. The first kappa shape index (κ1) is 11.7. The van der Waals surface area contributed by atoms with E-state index in [1.807, 2.05) is 0 Å². The molecule has 5 nitrogen and oxygen atoms in total. The van der Waals surface area contributed by atoms with Crippen LogP contribution in [0.25, 0.3) is 0 Å². The van der Waals surface area contributed by atoms with Gasteiger partial charge in [-0.05, 0) is 18.8 Å². The van der Waals surface area contributed by atoms with E-state index in [0.717, 1.165) is 0 Å². The normalized spacial score (nSPS) is 20.9. The summed E-state index contributed by atoms with van der Waals surface area (Å²) in [6.07, 6.45) is 1.24. The van der Waals surface area contributed by atoms with Gasteiger partial charge in [0.05, 0.1) is 0 Å². The number of piperidine rings is 1. The van der Waals surface area contributed by atoms with Crippen molar-refractivity contribution in [3.8, 4) is 0 Å². The SMILES string of the molecule is O=C(O)CC1CCN(S(=O)(=O)Cl)CC1. The van der Waals surface area contributed by atoms with Gasteiger partial charge in [0.25, 0.3) is 9.24 Å². The van der Waals surface area contributed by atoms with Crippen LogP contribution in [0.3, 0.4) is 0 Å². The summed E-state index contributed by atoms with van der Waals surface area (Å²) < 4.78 is 23.0. The van der Waals surface area contributed by atoms with Gasteiger partial charge in [-0.2, -0.15) is 12.7 Å². The maximum absolute atomic E-state index is 10.9. The zero-order valence-corrected chi connectivity index (χ0v) is 9.09. The van der Waals surface area contributed by atoms with Crippen LogP contribution in [-0.4, -0.2) is 36.9 Å². The van der Waals surface area contributed by atoms with Gasteiger partial charge in [0.15, 0.2) is 0 Å². The van der Waals surface area contributed by atoms with Gasteiger partial charge in [0.2, 0.25) is 0 Å². The van der Waals surface area contributed by atoms with E-state index in [0.29, 0.717) is 25.9 Å². The molecule has 1 saturated heterocycles. The Bertz CT molecular complexity index is 308. The number of carbonyl (C=O) groups is 1. The third-order valence-corrected chi connectivity index (χ3v) is 3.91. The Morgan fingerprint density at radius 2 is 1.93 bits per heavy atom. The Balaban J connectivity index is 2.43. The molecule has 0 unspecified atom stereocenters. The summed E-state index contributed by atoms with van der Waals surface area (Å²) in [6, 6.07) is 0. The highest BCUT2D eigenvalue weighted by Gasteiger charge is 2.27. The van der Waals surface area contributed by atoms with Crippen molar-refractivity contribution in [3.63, 3.8) is 0 Å². The first-order valence-electron chi connectivity index (χ1n) is 4.31. The van der Waals surface area contributed by atoms with E-state index >= 15 is 0 Å². The van der Waals surface area contributed by atoms with Gasteiger partial charge in [0.1, 0.15) is 0 Å². The van der Waals surface area contributed by atoms with Gasteiger partial charge in [-0.25, -0.2) is 0 Å². The van der Waals surface area contributed by atoms with Crippen molar-refractivity contribution in [1.82, 2.24) is 4.31 Å². The topological polar surface area (TPSA) is 74.7 Å². The number of carboxylic acids is 1. The monoisotopic (exact) mass is 241 g/mol. The molecule has 0 aromatic rings. The van der Waals surface area contributed by atoms with Crippen LogP contribution in [0.5, 0.6) is 0 Å². The molecule has 1 fully saturated rings. The van der Waals surface area contributed by atoms with Crippen LogP contribution >= 0.6 is 10.7 Å². The van der Waals surface area contributed by atoms with Crippen molar-refractivity contribution < 1.29 is 18.3 Å². The predicted octanol–water partition coefficient (Wildman–Crippen LogP) is 0.657. The Morgan fingerprint density at radius 3 is 2.29 bits per heavy atom. The molecular weight excluding hydrogens is 230 g/mol. The summed E-state index contributed by atoms with van der Waals surface area (Å²) in [7, 11) is 1.53. The van der Waals surface area contributed by atoms with Gasteiger partial charge in [0, 0.05) is 30.2 Å². The van der Waals surface area contributed by atoms with Crippen molar-refractivity contribution in [2.45, 2.75) is 19.3 Å². The maximum atomic E-state index is 10.9. The number of halogens is 1. The van der Waals surface area contributed by atoms with Crippen molar-refractivity contribution >= 4 is 25.9 Å². The van der Waals surface area contributed by atoms with Crippen LogP contribution in [-0.2, 0) is 14.0 Å². The number of rotatable bonds is 3. The fourth-order valence-corrected chi connectivity index (χ4v) is 2.64. The van der Waals surface area contributed by atoms with Crippen LogP contribution in [0.1, 0.15) is 19.3 Å². The average Bonchev–Trinajstić information content (AvgIpc) is 2.02. The molecule has 0 saturated carbocycles. The Morgan fingerprint density at radius 1 is 1.43 bits per heavy atom. The Hall–Kier alpha value is -0.330. The van der Waals surface area contributed by atoms with E-state index in [-0.39, 0.29) is 12.3 Å². The number of aliphatic carboxylic acids is 1. The largest absolute Gasteiger partial charge is 0.481 e. The number of hydrogen-bond acceptors (Lipinski definition) is 3. The summed E-state index contributed by atoms with van der Waals surface area (Å²) in [6.45, 7) is 0.646. The fraction of sp³-hybridized carbons (Fsp3) is 0.857. The summed E-state index contributed by atoms with van der Waals surface area (Å²) in [4.78, 5) is 10.4. The minimum absolute atomic E-state index is 0.0715. The van der Waals surface area contributed by atoms with E-state index in [1.165, 1.54) is 4.31 Å². The number of hydrogen-bond donors (Lipinski definition) is 1. The summed E-state index contributed by atoms with van der Waals surface area (Å²) in [5.41, 5.74) is 0. The molecule has 0 aromatic carbocycles. The molecule has 1 aliphatic rings. The van der Waals surface area contributed by atoms with Gasteiger partial charge in [-0.3, -0.25) is 4.79 Å². The molecule has 0 atom stereocenters. The van der Waals surface area contributed by atoms with Gasteiger partial charge in [-0.15, -0.1) is 0 Å². The van der Waals surface area contributed by atoms with Crippen molar-refractivity contribution in [3.05, 3.63) is 0 Å². The highest BCUT2D eigenvalue weighted by atomic mass is 35.7. The molecule has 82 valence electrons. The molecular formula is C7H12ClNO4S. The summed E-state index contributed by atoms with van der Waals surface area (Å²) in [5, 5.41) is 8.53. The van der Waals surface area contributed by atoms with Crippen LogP contribution in [0.2, 0.25) is 0 Å². The number of carboxylic acid groups (broad SMARTS) is 1. The summed E-state index contributed by atoms with van der Waals surface area (Å²) >= 11 is 0. The third-order valence-electron chi connectivity index (χ3n) is 2.35. The minimum Gasteiger partial charge on any atom is -0.481 e. The smallest absolute Gasteiger partial charge is 0.303 e. The van der Waals surface area contributed by atoms with Crippen LogP contribution < -0.4 is 0 Å². The third kappa shape index (κ3) is 3.43. The van der Waals surface area contributed by atoms with Gasteiger partial charge in [-0.1, -0.05) is 0 Å². The highest BCUT2D eigenvalue weighted by Crippen LogP contribution is 2.23. The lowest BCUT2D eigenvalue weighted by atomic mass is 9.95. The Kier molecular flexibility index (Phi) is 3.74. The molecule has 14 heavy (non-hydrogen) atoms. The Labute approximate surface area is 87.2 Å². The molecule has 0 aromatic heterocycles. The lowest BCUT2D eigenvalue weighted by molar-refractivity contribution is -0.138. The second kappa shape index (κ2) is 4.46. The second-order valence-electron chi connectivity index (χ2n) is 3.38. The van der Waals surface area contributed by atoms with Crippen LogP contribution in [0.15, 0.2) is 0 Å². The highest BCUT2D eigenvalue weighted by molar-refractivity contribution is 8.11. The molecule has 1 heterocycles. The minimum atomic E-state index is -3.62.